The molecule has 0 aliphatic rings. The molecule has 0 amide bonds. The Morgan fingerprint density at radius 3 is 1.18 bits per heavy atom. The third-order valence-corrected chi connectivity index (χ3v) is 6.86. The monoisotopic (exact) mass is 558 g/mol. The highest BCUT2D eigenvalue weighted by atomic mass is 32.2. The topological polar surface area (TPSA) is 159 Å². The minimum absolute atomic E-state index is 0.158. The zero-order valence-electron chi connectivity index (χ0n) is 22.5. The zero-order chi connectivity index (χ0) is 28.8. The lowest BCUT2D eigenvalue weighted by Crippen LogP contribution is -2.48. The van der Waals surface area contributed by atoms with E-state index in [9.17, 15) is 28.8 Å². The van der Waals surface area contributed by atoms with Gasteiger partial charge in [-0.15, -0.1) is 0 Å². The number of aliphatic hydroxyl groups excluding tert-OH is 4. The lowest BCUT2D eigenvalue weighted by Gasteiger charge is -2.27. The summed E-state index contributed by atoms with van der Waals surface area (Å²) in [5, 5.41) is 52.2. The highest BCUT2D eigenvalue weighted by Crippen LogP contribution is 2.36. The number of aliphatic hydroxyl groups is 4. The van der Waals surface area contributed by atoms with Gasteiger partial charge in [0, 0.05) is 13.1 Å². The highest BCUT2D eigenvalue weighted by molar-refractivity contribution is 7.85. The molecule has 0 atom stereocenters. The van der Waals surface area contributed by atoms with Gasteiger partial charge in [0.25, 0.3) is 10.1 Å². The van der Waals surface area contributed by atoms with Gasteiger partial charge in [0.05, 0.1) is 43.8 Å². The maximum absolute atomic E-state index is 9.70. The van der Waals surface area contributed by atoms with Crippen molar-refractivity contribution in [1.29, 1.82) is 0 Å². The normalized spacial score (nSPS) is 12.6. The Morgan fingerprint density at radius 2 is 0.897 bits per heavy atom. The van der Waals surface area contributed by atoms with Crippen molar-refractivity contribution in [2.45, 2.75) is 38.0 Å². The lowest BCUT2D eigenvalue weighted by molar-refractivity contribution is 0.103. The molecule has 0 heterocycles. The Hall–Kier alpha value is -2.67. The molecule has 0 aliphatic carbocycles. The number of nitrogens with one attached hydrogen (secondary N) is 2. The second-order valence-corrected chi connectivity index (χ2v) is 11.9. The predicted molar refractivity (Wildman–Crippen MR) is 155 cm³/mol. The third-order valence-electron chi connectivity index (χ3n) is 6.86. The molecule has 0 saturated carbocycles. The van der Waals surface area contributed by atoms with Crippen LogP contribution in [0.25, 0.3) is 32.3 Å². The lowest BCUT2D eigenvalue weighted by atomic mass is 9.90. The van der Waals surface area contributed by atoms with Crippen molar-refractivity contribution >= 4 is 42.4 Å². The molecule has 0 radical (unpaired) electrons. The molecule has 4 rings (SSSR count). The van der Waals surface area contributed by atoms with E-state index in [2.05, 4.69) is 47.0 Å². The smallest absolute Gasteiger partial charge is 0.261 e. The van der Waals surface area contributed by atoms with Crippen molar-refractivity contribution in [3.05, 3.63) is 71.8 Å². The second kappa shape index (κ2) is 12.7. The summed E-state index contributed by atoms with van der Waals surface area (Å²) in [6.07, 6.45) is 0.715. The van der Waals surface area contributed by atoms with Crippen LogP contribution in [0.2, 0.25) is 0 Å². The predicted octanol–water partition coefficient (Wildman–Crippen LogP) is 2.32. The molecule has 4 aromatic carbocycles. The van der Waals surface area contributed by atoms with E-state index >= 15 is 0 Å². The van der Waals surface area contributed by atoms with Crippen molar-refractivity contribution in [1.82, 2.24) is 10.6 Å². The maximum atomic E-state index is 9.70. The van der Waals surface area contributed by atoms with E-state index in [4.69, 9.17) is 4.55 Å². The van der Waals surface area contributed by atoms with Crippen LogP contribution >= 0.6 is 0 Å². The summed E-state index contributed by atoms with van der Waals surface area (Å²) in [5.74, 6) is 0. The molecule has 0 aromatic heterocycles. The summed E-state index contributed by atoms with van der Waals surface area (Å²) >= 11 is 0. The van der Waals surface area contributed by atoms with Crippen molar-refractivity contribution in [2.24, 2.45) is 0 Å². The van der Waals surface area contributed by atoms with Crippen LogP contribution in [-0.2, 0) is 23.2 Å². The van der Waals surface area contributed by atoms with Crippen molar-refractivity contribution < 1.29 is 33.4 Å². The third kappa shape index (κ3) is 7.71. The van der Waals surface area contributed by atoms with E-state index in [0.717, 1.165) is 43.4 Å². The van der Waals surface area contributed by atoms with Crippen LogP contribution in [0.5, 0.6) is 0 Å². The van der Waals surface area contributed by atoms with Crippen LogP contribution in [0.15, 0.2) is 60.7 Å². The van der Waals surface area contributed by atoms with Crippen molar-refractivity contribution in [2.75, 3.05) is 32.7 Å². The van der Waals surface area contributed by atoms with Gasteiger partial charge >= 0.3 is 0 Å². The first-order chi connectivity index (χ1) is 18.4. The minimum atomic E-state index is -3.67. The standard InChI is InChI=1S/C28H34N2O4.CH4O3S/c1-27(15-31,16-32)29-13-19-11-25-24-10-6-4-8-22(24)20(14-30-28(2,17-33)18-34)12-26(25)23-9-5-3-7-21(19)23;1-5(2,3)4/h3-12,29-34H,13-18H2,1-2H3;1H3,(H,2,3,4). The minimum Gasteiger partial charge on any atom is -0.394 e. The molecule has 10 heteroatoms. The van der Waals surface area contributed by atoms with Gasteiger partial charge in [-0.2, -0.15) is 8.42 Å². The fraction of sp³-hybridized carbons (Fsp3) is 0.379. The molecule has 0 unspecified atom stereocenters. The fourth-order valence-electron chi connectivity index (χ4n) is 4.33. The van der Waals surface area contributed by atoms with Crippen molar-refractivity contribution in [3.63, 3.8) is 0 Å². The number of hydrogen-bond donors (Lipinski definition) is 7. The molecule has 9 nitrogen and oxygen atoms in total. The summed E-state index contributed by atoms with van der Waals surface area (Å²) < 4.78 is 25.9. The van der Waals surface area contributed by atoms with Crippen LogP contribution in [-0.4, -0.2) is 77.2 Å². The van der Waals surface area contributed by atoms with Crippen LogP contribution in [0.4, 0.5) is 0 Å². The Labute approximate surface area is 228 Å². The summed E-state index contributed by atoms with van der Waals surface area (Å²) in [7, 11) is -3.67. The van der Waals surface area contributed by atoms with E-state index in [0.29, 0.717) is 19.3 Å². The van der Waals surface area contributed by atoms with Gasteiger partial charge in [0.1, 0.15) is 0 Å². The van der Waals surface area contributed by atoms with Crippen LogP contribution < -0.4 is 10.6 Å². The van der Waals surface area contributed by atoms with Crippen LogP contribution in [0.3, 0.4) is 0 Å². The zero-order valence-corrected chi connectivity index (χ0v) is 23.3. The summed E-state index contributed by atoms with van der Waals surface area (Å²) in [6, 6.07) is 20.9. The number of rotatable bonds is 10. The first kappa shape index (κ1) is 30.9. The quantitative estimate of drug-likeness (QED) is 0.115. The van der Waals surface area contributed by atoms with E-state index in [-0.39, 0.29) is 26.4 Å². The summed E-state index contributed by atoms with van der Waals surface area (Å²) in [4.78, 5) is 0. The van der Waals surface area contributed by atoms with Crippen LogP contribution in [0, 0.1) is 0 Å². The van der Waals surface area contributed by atoms with Gasteiger partial charge in [0.15, 0.2) is 0 Å². The second-order valence-electron chi connectivity index (χ2n) is 10.5. The molecule has 0 saturated heterocycles. The van der Waals surface area contributed by atoms with E-state index < -0.39 is 21.2 Å². The highest BCUT2D eigenvalue weighted by Gasteiger charge is 2.23. The Kier molecular flexibility index (Phi) is 10.0. The number of hydrogen-bond acceptors (Lipinski definition) is 8. The largest absolute Gasteiger partial charge is 0.394 e. The average Bonchev–Trinajstić information content (AvgIpc) is 2.93. The molecule has 0 fully saturated rings. The first-order valence-electron chi connectivity index (χ1n) is 12.6. The van der Waals surface area contributed by atoms with Gasteiger partial charge in [0.2, 0.25) is 0 Å². The van der Waals surface area contributed by atoms with Gasteiger partial charge in [-0.05, 0) is 69.4 Å². The maximum Gasteiger partial charge on any atom is 0.261 e. The number of fused-ring (bicyclic) bond motifs is 5. The first-order valence-corrected chi connectivity index (χ1v) is 14.4. The van der Waals surface area contributed by atoms with Crippen molar-refractivity contribution in [3.8, 4) is 0 Å². The summed E-state index contributed by atoms with van der Waals surface area (Å²) in [6.45, 7) is 4.00. The Bertz CT molecular complexity index is 1420. The van der Waals surface area contributed by atoms with Gasteiger partial charge in [-0.1, -0.05) is 48.5 Å². The Morgan fingerprint density at radius 1 is 0.615 bits per heavy atom. The number of benzene rings is 4. The van der Waals surface area contributed by atoms with E-state index in [1.54, 1.807) is 13.8 Å². The van der Waals surface area contributed by atoms with Gasteiger partial charge < -0.3 is 31.1 Å². The average molecular weight is 559 g/mol. The Balaban J connectivity index is 0.000000771. The summed E-state index contributed by atoms with van der Waals surface area (Å²) in [5.41, 5.74) is 0.667. The molecular formula is C29H38N2O7S. The molecular weight excluding hydrogens is 520 g/mol. The van der Waals surface area contributed by atoms with E-state index in [1.807, 2.05) is 24.3 Å². The fourth-order valence-corrected chi connectivity index (χ4v) is 4.33. The molecule has 0 aliphatic heterocycles. The van der Waals surface area contributed by atoms with E-state index in [1.165, 1.54) is 0 Å². The molecule has 212 valence electrons. The molecule has 7 N–H and O–H groups in total. The molecule has 39 heavy (non-hydrogen) atoms. The van der Waals surface area contributed by atoms with Gasteiger partial charge in [-0.25, -0.2) is 0 Å². The molecule has 0 spiro atoms. The SMILES string of the molecule is CC(CO)(CO)NCc1cc2c3ccccc3c(CNC(C)(CO)CO)cc2c2ccccc12.CS(=O)(=O)O. The van der Waals surface area contributed by atoms with Crippen LogP contribution in [0.1, 0.15) is 25.0 Å². The van der Waals surface area contributed by atoms with Gasteiger partial charge in [-0.3, -0.25) is 4.55 Å². The molecule has 4 aromatic rings. The molecule has 0 bridgehead atoms.